The maximum atomic E-state index is 11.9. The lowest BCUT2D eigenvalue weighted by Crippen LogP contribution is -2.25. The third-order valence-electron chi connectivity index (χ3n) is 1.83. The second-order valence-electron chi connectivity index (χ2n) is 3.08. The maximum absolute atomic E-state index is 11.9. The van der Waals surface area contributed by atoms with Crippen LogP contribution in [0.25, 0.3) is 0 Å². The van der Waals surface area contributed by atoms with Crippen molar-refractivity contribution in [1.29, 1.82) is 0 Å². The minimum Gasteiger partial charge on any atom is -0.435 e. The third-order valence-corrected chi connectivity index (χ3v) is 1.92. The average Bonchev–Trinajstić information content (AvgIpc) is 2.26. The highest BCUT2D eigenvalue weighted by atomic mass is 32.1. The molecule has 0 amide bonds. The first-order valence-electron chi connectivity index (χ1n) is 4.64. The van der Waals surface area contributed by atoms with Gasteiger partial charge in [-0.15, -0.1) is 0 Å². The van der Waals surface area contributed by atoms with Crippen LogP contribution >= 0.6 is 12.2 Å². The summed E-state index contributed by atoms with van der Waals surface area (Å²) in [6.45, 7) is -1.10. The van der Waals surface area contributed by atoms with E-state index in [4.69, 9.17) is 5.73 Å². The minimum absolute atomic E-state index is 0.0574. The fraction of sp³-hybridized carbons (Fsp3) is 0.200. The Morgan fingerprint density at radius 3 is 2.47 bits per heavy atom. The summed E-state index contributed by atoms with van der Waals surface area (Å²) in [4.78, 5) is 0. The summed E-state index contributed by atoms with van der Waals surface area (Å²) in [6, 6.07) is 6.08. The Balaban J connectivity index is 2.73. The SMILES string of the molecule is C/C(=N/NC(N)=S)c1ccc(OC(F)F)cc1. The van der Waals surface area contributed by atoms with Crippen LogP contribution < -0.4 is 15.9 Å². The number of thiocarbonyl (C=S) groups is 1. The molecule has 0 unspecified atom stereocenters. The Labute approximate surface area is 102 Å². The number of nitrogens with zero attached hydrogens (tertiary/aromatic N) is 1. The molecule has 4 nitrogen and oxygen atoms in total. The largest absolute Gasteiger partial charge is 0.435 e. The number of hydrogen-bond donors (Lipinski definition) is 2. The lowest BCUT2D eigenvalue weighted by atomic mass is 10.1. The Hall–Kier alpha value is -1.76. The van der Waals surface area contributed by atoms with E-state index in [1.165, 1.54) is 12.1 Å². The summed E-state index contributed by atoms with van der Waals surface area (Å²) in [6.07, 6.45) is 0. The Morgan fingerprint density at radius 1 is 1.41 bits per heavy atom. The van der Waals surface area contributed by atoms with Crippen molar-refractivity contribution < 1.29 is 13.5 Å². The molecular formula is C10H11F2N3OS. The fourth-order valence-corrected chi connectivity index (χ4v) is 1.13. The molecule has 0 saturated heterocycles. The number of nitrogens with one attached hydrogen (secondary N) is 1. The molecule has 0 atom stereocenters. The monoisotopic (exact) mass is 259 g/mol. The number of benzene rings is 1. The number of alkyl halides is 2. The van der Waals surface area contributed by atoms with E-state index in [2.05, 4.69) is 27.5 Å². The zero-order valence-corrected chi connectivity index (χ0v) is 9.80. The van der Waals surface area contributed by atoms with Gasteiger partial charge in [0.1, 0.15) is 5.75 Å². The molecule has 92 valence electrons. The molecule has 17 heavy (non-hydrogen) atoms. The molecule has 1 aromatic carbocycles. The fourth-order valence-electron chi connectivity index (χ4n) is 1.08. The first-order chi connectivity index (χ1) is 7.99. The maximum Gasteiger partial charge on any atom is 0.387 e. The lowest BCUT2D eigenvalue weighted by molar-refractivity contribution is -0.0498. The molecule has 7 heteroatoms. The summed E-state index contributed by atoms with van der Waals surface area (Å²) in [5.74, 6) is 0.0962. The smallest absolute Gasteiger partial charge is 0.387 e. The van der Waals surface area contributed by atoms with Crippen LogP contribution in [0.5, 0.6) is 5.75 Å². The summed E-state index contributed by atoms with van der Waals surface area (Å²) in [7, 11) is 0. The number of halogens is 2. The van der Waals surface area contributed by atoms with Crippen LogP contribution in [0.2, 0.25) is 0 Å². The summed E-state index contributed by atoms with van der Waals surface area (Å²) >= 11 is 4.59. The quantitative estimate of drug-likeness (QED) is 0.492. The van der Waals surface area contributed by atoms with Gasteiger partial charge in [-0.1, -0.05) is 0 Å². The summed E-state index contributed by atoms with van der Waals surface area (Å²) < 4.78 is 28.0. The van der Waals surface area contributed by atoms with Gasteiger partial charge < -0.3 is 10.5 Å². The third kappa shape index (κ3) is 4.73. The zero-order chi connectivity index (χ0) is 12.8. The second-order valence-corrected chi connectivity index (χ2v) is 3.52. The second kappa shape index (κ2) is 6.09. The van der Waals surface area contributed by atoms with E-state index in [-0.39, 0.29) is 10.9 Å². The summed E-state index contributed by atoms with van der Waals surface area (Å²) in [5.41, 5.74) is 9.02. The highest BCUT2D eigenvalue weighted by molar-refractivity contribution is 7.80. The molecule has 1 aromatic rings. The van der Waals surface area contributed by atoms with Gasteiger partial charge in [-0.25, -0.2) is 0 Å². The van der Waals surface area contributed by atoms with Crippen LogP contribution in [0.3, 0.4) is 0 Å². The van der Waals surface area contributed by atoms with Gasteiger partial charge in [0.25, 0.3) is 0 Å². The van der Waals surface area contributed by atoms with Crippen LogP contribution in [0.4, 0.5) is 8.78 Å². The van der Waals surface area contributed by atoms with Gasteiger partial charge in [0, 0.05) is 0 Å². The standard InChI is InChI=1S/C10H11F2N3OS/c1-6(14-15-10(13)17)7-2-4-8(5-3-7)16-9(11)12/h2-5,9H,1H3,(H3,13,15,17)/b14-6-. The van der Waals surface area contributed by atoms with Crippen molar-refractivity contribution in [1.82, 2.24) is 5.43 Å². The molecule has 0 saturated carbocycles. The van der Waals surface area contributed by atoms with E-state index in [1.807, 2.05) is 0 Å². The molecule has 1 rings (SSSR count). The van der Waals surface area contributed by atoms with Crippen LogP contribution in [0.1, 0.15) is 12.5 Å². The Bertz CT molecular complexity index is 420. The van der Waals surface area contributed by atoms with Gasteiger partial charge in [0.05, 0.1) is 5.71 Å². The zero-order valence-electron chi connectivity index (χ0n) is 8.98. The predicted molar refractivity (Wildman–Crippen MR) is 65.2 cm³/mol. The van der Waals surface area contributed by atoms with E-state index in [1.54, 1.807) is 19.1 Å². The topological polar surface area (TPSA) is 59.6 Å². The first kappa shape index (κ1) is 13.3. The van der Waals surface area contributed by atoms with Crippen molar-refractivity contribution in [2.24, 2.45) is 10.8 Å². The molecule has 0 radical (unpaired) electrons. The highest BCUT2D eigenvalue weighted by Crippen LogP contribution is 2.15. The van der Waals surface area contributed by atoms with Crippen LogP contribution in [0.15, 0.2) is 29.4 Å². The van der Waals surface area contributed by atoms with Crippen molar-refractivity contribution in [3.63, 3.8) is 0 Å². The van der Waals surface area contributed by atoms with E-state index >= 15 is 0 Å². The number of nitrogens with two attached hydrogens (primary N) is 1. The molecule has 0 aliphatic rings. The molecular weight excluding hydrogens is 248 g/mol. The van der Waals surface area contributed by atoms with Crippen LogP contribution in [0, 0.1) is 0 Å². The van der Waals surface area contributed by atoms with Gasteiger partial charge in [0.15, 0.2) is 5.11 Å². The Kier molecular flexibility index (Phi) is 4.77. The Morgan fingerprint density at radius 2 is 2.00 bits per heavy atom. The minimum atomic E-state index is -2.83. The number of hydrogen-bond acceptors (Lipinski definition) is 3. The molecule has 0 aromatic heterocycles. The van der Waals surface area contributed by atoms with Gasteiger partial charge in [-0.05, 0) is 49.0 Å². The molecule has 3 N–H and O–H groups in total. The van der Waals surface area contributed by atoms with Crippen LogP contribution in [-0.2, 0) is 0 Å². The molecule has 0 aliphatic heterocycles. The van der Waals surface area contributed by atoms with Crippen molar-refractivity contribution in [3.8, 4) is 5.75 Å². The van der Waals surface area contributed by atoms with Crippen molar-refractivity contribution >= 4 is 23.0 Å². The number of ether oxygens (including phenoxy) is 1. The van der Waals surface area contributed by atoms with Crippen molar-refractivity contribution in [3.05, 3.63) is 29.8 Å². The van der Waals surface area contributed by atoms with Crippen LogP contribution in [-0.4, -0.2) is 17.4 Å². The van der Waals surface area contributed by atoms with Crippen molar-refractivity contribution in [2.75, 3.05) is 0 Å². The number of hydrazone groups is 1. The summed E-state index contributed by atoms with van der Waals surface area (Å²) in [5, 5.41) is 3.95. The predicted octanol–water partition coefficient (Wildman–Crippen LogP) is 1.85. The van der Waals surface area contributed by atoms with E-state index in [9.17, 15) is 8.78 Å². The molecule has 0 aliphatic carbocycles. The number of rotatable bonds is 4. The van der Waals surface area contributed by atoms with Gasteiger partial charge in [-0.3, -0.25) is 5.43 Å². The first-order valence-corrected chi connectivity index (χ1v) is 5.05. The van der Waals surface area contributed by atoms with E-state index in [0.29, 0.717) is 5.71 Å². The van der Waals surface area contributed by atoms with Gasteiger partial charge in [-0.2, -0.15) is 13.9 Å². The van der Waals surface area contributed by atoms with Crippen molar-refractivity contribution in [2.45, 2.75) is 13.5 Å². The molecule has 0 heterocycles. The van der Waals surface area contributed by atoms with Gasteiger partial charge >= 0.3 is 6.61 Å². The lowest BCUT2D eigenvalue weighted by Gasteiger charge is -2.05. The normalized spacial score (nSPS) is 11.4. The highest BCUT2D eigenvalue weighted by Gasteiger charge is 2.04. The van der Waals surface area contributed by atoms with E-state index < -0.39 is 6.61 Å². The van der Waals surface area contributed by atoms with E-state index in [0.717, 1.165) is 5.56 Å². The van der Waals surface area contributed by atoms with Gasteiger partial charge in [0.2, 0.25) is 0 Å². The average molecular weight is 259 g/mol. The molecule has 0 spiro atoms. The molecule has 0 fully saturated rings. The molecule has 0 bridgehead atoms.